The van der Waals surface area contributed by atoms with Gasteiger partial charge in [0.2, 0.25) is 0 Å². The summed E-state index contributed by atoms with van der Waals surface area (Å²) in [5.41, 5.74) is 3.44. The summed E-state index contributed by atoms with van der Waals surface area (Å²) in [5, 5.41) is 10.0. The molecule has 2 aromatic carbocycles. The van der Waals surface area contributed by atoms with E-state index in [1.54, 1.807) is 6.07 Å². The van der Waals surface area contributed by atoms with Gasteiger partial charge in [0.1, 0.15) is 11.6 Å². The zero-order chi connectivity index (χ0) is 18.7. The molecule has 28 heavy (non-hydrogen) atoms. The molecule has 4 aliphatic heterocycles. The van der Waals surface area contributed by atoms with E-state index in [4.69, 9.17) is 4.98 Å². The predicted molar refractivity (Wildman–Crippen MR) is 109 cm³/mol. The lowest BCUT2D eigenvalue weighted by molar-refractivity contribution is -0.00922. The number of nitrogens with zero attached hydrogens (tertiary/aromatic N) is 3. The molecule has 4 aliphatic rings. The zero-order valence-corrected chi connectivity index (χ0v) is 16.0. The topological polar surface area (TPSA) is 55.4 Å². The summed E-state index contributed by atoms with van der Waals surface area (Å²) >= 11 is 0. The van der Waals surface area contributed by atoms with Crippen LogP contribution in [-0.2, 0) is 6.54 Å². The fourth-order valence-electron chi connectivity index (χ4n) is 6.04. The number of hydrogen-bond acceptors (Lipinski definition) is 4. The van der Waals surface area contributed by atoms with Gasteiger partial charge >= 0.3 is 0 Å². The minimum Gasteiger partial charge on any atom is -0.508 e. The Morgan fingerprint density at radius 1 is 1.04 bits per heavy atom. The molecule has 4 saturated heterocycles. The van der Waals surface area contributed by atoms with Gasteiger partial charge in [0.05, 0.1) is 17.6 Å². The number of aromatic hydroxyl groups is 1. The van der Waals surface area contributed by atoms with E-state index in [9.17, 15) is 5.11 Å². The van der Waals surface area contributed by atoms with Crippen LogP contribution < -0.4 is 0 Å². The van der Waals surface area contributed by atoms with Gasteiger partial charge in [-0.2, -0.15) is 0 Å². The number of benzene rings is 2. The summed E-state index contributed by atoms with van der Waals surface area (Å²) in [4.78, 5) is 13.7. The molecule has 3 atom stereocenters. The van der Waals surface area contributed by atoms with Crippen molar-refractivity contribution >= 4 is 11.0 Å². The molecule has 0 radical (unpaired) electrons. The van der Waals surface area contributed by atoms with E-state index in [0.717, 1.165) is 35.9 Å². The number of phenols is 1. The largest absolute Gasteiger partial charge is 0.508 e. The maximum atomic E-state index is 10.0. The molecule has 7 rings (SSSR count). The molecule has 5 heterocycles. The highest BCUT2D eigenvalue weighted by Gasteiger charge is 2.53. The standard InChI is InChI=1S/C23H26N4O/c28-17-5-3-4-16(12-17)18-13-27(22-15-8-10-26(11-9-15)23(18)22)14-21-24-19-6-1-2-7-20(19)25-21/h1-7,12,15,18,22-23,28H,8-11,13-14H2,(H,24,25)/t18-,22+,23+/m0/s1. The van der Waals surface area contributed by atoms with Crippen LogP contribution >= 0.6 is 0 Å². The molecule has 0 spiro atoms. The predicted octanol–water partition coefficient (Wildman–Crippen LogP) is 3.33. The number of phenolic OH excluding ortho intramolecular Hbond substituents is 1. The number of rotatable bonds is 3. The summed E-state index contributed by atoms with van der Waals surface area (Å²) in [6.07, 6.45) is 2.62. The van der Waals surface area contributed by atoms with Gasteiger partial charge in [-0.1, -0.05) is 24.3 Å². The Hall–Kier alpha value is -2.37. The number of imidazole rings is 1. The number of piperidine rings is 3. The molecular formula is C23H26N4O. The third-order valence-corrected chi connectivity index (χ3v) is 7.18. The molecule has 5 heteroatoms. The van der Waals surface area contributed by atoms with E-state index >= 15 is 0 Å². The minimum atomic E-state index is 0.376. The van der Waals surface area contributed by atoms with Crippen molar-refractivity contribution in [3.05, 3.63) is 59.9 Å². The van der Waals surface area contributed by atoms with E-state index in [1.165, 1.54) is 31.5 Å². The van der Waals surface area contributed by atoms with Crippen molar-refractivity contribution in [3.8, 4) is 5.75 Å². The fraction of sp³-hybridized carbons (Fsp3) is 0.435. The first-order chi connectivity index (χ1) is 13.8. The zero-order valence-electron chi connectivity index (χ0n) is 16.0. The Labute approximate surface area is 165 Å². The smallest absolute Gasteiger partial charge is 0.121 e. The lowest BCUT2D eigenvalue weighted by atomic mass is 9.75. The van der Waals surface area contributed by atoms with E-state index in [2.05, 4.69) is 39.0 Å². The van der Waals surface area contributed by atoms with Gasteiger partial charge in [0, 0.05) is 24.5 Å². The van der Waals surface area contributed by atoms with Gasteiger partial charge in [-0.05, 0) is 61.7 Å². The number of H-pyrrole nitrogens is 1. The second-order valence-corrected chi connectivity index (χ2v) is 8.69. The number of likely N-dealkylation sites (tertiary alicyclic amines) is 1. The van der Waals surface area contributed by atoms with Gasteiger partial charge in [-0.3, -0.25) is 9.80 Å². The van der Waals surface area contributed by atoms with Crippen LogP contribution in [0.4, 0.5) is 0 Å². The number of para-hydroxylation sites is 2. The number of hydrogen-bond donors (Lipinski definition) is 2. The minimum absolute atomic E-state index is 0.376. The molecule has 2 bridgehead atoms. The van der Waals surface area contributed by atoms with Crippen LogP contribution in [0.25, 0.3) is 11.0 Å². The molecule has 3 aromatic rings. The van der Waals surface area contributed by atoms with Gasteiger partial charge in [0.15, 0.2) is 0 Å². The van der Waals surface area contributed by atoms with Crippen LogP contribution in [0.15, 0.2) is 48.5 Å². The Morgan fingerprint density at radius 2 is 1.89 bits per heavy atom. The van der Waals surface area contributed by atoms with Crippen molar-refractivity contribution in [2.75, 3.05) is 19.6 Å². The number of aromatic amines is 1. The third-order valence-electron chi connectivity index (χ3n) is 7.18. The Balaban J connectivity index is 1.35. The van der Waals surface area contributed by atoms with Gasteiger partial charge in [-0.15, -0.1) is 0 Å². The second-order valence-electron chi connectivity index (χ2n) is 8.69. The highest BCUT2D eigenvalue weighted by molar-refractivity contribution is 5.74. The highest BCUT2D eigenvalue weighted by Crippen LogP contribution is 2.47. The fourth-order valence-corrected chi connectivity index (χ4v) is 6.04. The second kappa shape index (κ2) is 6.33. The summed E-state index contributed by atoms with van der Waals surface area (Å²) in [6, 6.07) is 17.3. The summed E-state index contributed by atoms with van der Waals surface area (Å²) in [6.45, 7) is 4.34. The average Bonchev–Trinajstić information content (AvgIpc) is 3.32. The number of aromatic nitrogens is 2. The van der Waals surface area contributed by atoms with Crippen molar-refractivity contribution in [1.29, 1.82) is 0 Å². The molecule has 0 amide bonds. The van der Waals surface area contributed by atoms with Crippen molar-refractivity contribution in [2.45, 2.75) is 37.4 Å². The molecule has 4 fully saturated rings. The van der Waals surface area contributed by atoms with Gasteiger partial charge in [0.25, 0.3) is 0 Å². The van der Waals surface area contributed by atoms with Crippen molar-refractivity contribution in [1.82, 2.24) is 19.8 Å². The van der Waals surface area contributed by atoms with Crippen molar-refractivity contribution in [3.63, 3.8) is 0 Å². The van der Waals surface area contributed by atoms with E-state index < -0.39 is 0 Å². The van der Waals surface area contributed by atoms with Crippen LogP contribution in [0.3, 0.4) is 0 Å². The first-order valence-corrected chi connectivity index (χ1v) is 10.5. The maximum Gasteiger partial charge on any atom is 0.121 e. The Bertz CT molecular complexity index is 974. The van der Waals surface area contributed by atoms with E-state index in [-0.39, 0.29) is 0 Å². The monoisotopic (exact) mass is 374 g/mol. The Kier molecular flexibility index (Phi) is 3.74. The van der Waals surface area contributed by atoms with Crippen molar-refractivity contribution < 1.29 is 5.11 Å². The molecule has 0 unspecified atom stereocenters. The number of fused-ring (bicyclic) bond motifs is 3. The quantitative estimate of drug-likeness (QED) is 0.738. The van der Waals surface area contributed by atoms with E-state index in [0.29, 0.717) is 23.8 Å². The molecule has 1 aromatic heterocycles. The molecule has 2 N–H and O–H groups in total. The van der Waals surface area contributed by atoms with Gasteiger partial charge < -0.3 is 10.1 Å². The lowest BCUT2D eigenvalue weighted by Crippen LogP contribution is -2.60. The maximum absolute atomic E-state index is 10.0. The molecular weight excluding hydrogens is 348 g/mol. The first-order valence-electron chi connectivity index (χ1n) is 10.5. The normalized spacial score (nSPS) is 32.1. The van der Waals surface area contributed by atoms with E-state index in [1.807, 2.05) is 18.2 Å². The van der Waals surface area contributed by atoms with Crippen LogP contribution in [0.2, 0.25) is 0 Å². The van der Waals surface area contributed by atoms with Crippen LogP contribution in [0.1, 0.15) is 30.1 Å². The molecule has 5 nitrogen and oxygen atoms in total. The SMILES string of the molecule is Oc1cccc([C@@H]2CN(Cc3nc4ccccc4[nH]3)[C@@H]3C4CCN(CC4)[C@@H]32)c1. The van der Waals surface area contributed by atoms with Crippen LogP contribution in [0, 0.1) is 5.92 Å². The van der Waals surface area contributed by atoms with Crippen LogP contribution in [0.5, 0.6) is 5.75 Å². The highest BCUT2D eigenvalue weighted by atomic mass is 16.3. The summed E-state index contributed by atoms with van der Waals surface area (Å²) in [7, 11) is 0. The lowest BCUT2D eigenvalue weighted by Gasteiger charge is -2.51. The molecule has 0 saturated carbocycles. The summed E-state index contributed by atoms with van der Waals surface area (Å²) < 4.78 is 0. The van der Waals surface area contributed by atoms with Crippen molar-refractivity contribution in [2.24, 2.45) is 5.92 Å². The average molecular weight is 374 g/mol. The summed E-state index contributed by atoms with van der Waals surface area (Å²) in [5.74, 6) is 2.67. The van der Waals surface area contributed by atoms with Crippen LogP contribution in [-0.4, -0.2) is 56.6 Å². The van der Waals surface area contributed by atoms with Gasteiger partial charge in [-0.25, -0.2) is 4.98 Å². The third kappa shape index (κ3) is 2.57. The number of nitrogens with one attached hydrogen (secondary N) is 1. The Morgan fingerprint density at radius 3 is 2.71 bits per heavy atom. The molecule has 0 aliphatic carbocycles. The molecule has 144 valence electrons. The first kappa shape index (κ1) is 16.6.